The van der Waals surface area contributed by atoms with Crippen molar-refractivity contribution in [2.75, 3.05) is 18.4 Å². The number of alkyl carbamates (subject to hydrolysis) is 1. The number of anilines is 1. The van der Waals surface area contributed by atoms with Crippen molar-refractivity contribution >= 4 is 23.6 Å². The Morgan fingerprint density at radius 3 is 2.38 bits per heavy atom. The Morgan fingerprint density at radius 2 is 1.66 bits per heavy atom. The summed E-state index contributed by atoms with van der Waals surface area (Å²) >= 11 is 0. The number of halogens is 2. The van der Waals surface area contributed by atoms with Crippen LogP contribution in [0, 0.1) is 11.6 Å². The summed E-state index contributed by atoms with van der Waals surface area (Å²) in [6, 6.07) is 12.2. The first-order chi connectivity index (χ1) is 13.9. The Bertz CT molecular complexity index is 847. The predicted octanol–water partition coefficient (Wildman–Crippen LogP) is 2.73. The minimum absolute atomic E-state index is 0.0846. The molecule has 0 radical (unpaired) electrons. The van der Waals surface area contributed by atoms with Gasteiger partial charge < -0.3 is 20.7 Å². The van der Waals surface area contributed by atoms with Crippen molar-refractivity contribution in [1.82, 2.24) is 10.6 Å². The van der Waals surface area contributed by atoms with Gasteiger partial charge in [-0.1, -0.05) is 30.3 Å². The fraction of sp³-hybridized carbons (Fsp3) is 0.250. The molecular formula is C20H21F2N3O4. The van der Waals surface area contributed by atoms with Crippen LogP contribution < -0.4 is 16.0 Å². The van der Waals surface area contributed by atoms with E-state index in [0.717, 1.165) is 17.7 Å². The first-order valence-electron chi connectivity index (χ1n) is 8.90. The number of hydrogen-bond acceptors (Lipinski definition) is 4. The molecule has 3 N–H and O–H groups in total. The highest BCUT2D eigenvalue weighted by Crippen LogP contribution is 2.12. The number of hydrogen-bond donors (Lipinski definition) is 3. The van der Waals surface area contributed by atoms with Crippen LogP contribution in [-0.2, 0) is 20.9 Å². The zero-order chi connectivity index (χ0) is 21.1. The van der Waals surface area contributed by atoms with Gasteiger partial charge in [-0.25, -0.2) is 13.6 Å². The molecule has 0 fully saturated rings. The van der Waals surface area contributed by atoms with Crippen molar-refractivity contribution in [2.24, 2.45) is 0 Å². The molecule has 2 aromatic carbocycles. The molecule has 7 nitrogen and oxygen atoms in total. The topological polar surface area (TPSA) is 96.5 Å². The minimum Gasteiger partial charge on any atom is -0.445 e. The summed E-state index contributed by atoms with van der Waals surface area (Å²) in [6.07, 6.45) is -0.130. The van der Waals surface area contributed by atoms with E-state index in [1.54, 1.807) is 0 Å². The van der Waals surface area contributed by atoms with Crippen molar-refractivity contribution in [1.29, 1.82) is 0 Å². The monoisotopic (exact) mass is 405 g/mol. The van der Waals surface area contributed by atoms with E-state index in [1.807, 2.05) is 30.3 Å². The summed E-state index contributed by atoms with van der Waals surface area (Å²) in [6.45, 7) is 0.0761. The van der Waals surface area contributed by atoms with Gasteiger partial charge >= 0.3 is 6.09 Å². The molecule has 0 atom stereocenters. The summed E-state index contributed by atoms with van der Waals surface area (Å²) in [4.78, 5) is 35.0. The second kappa shape index (κ2) is 11.4. The third kappa shape index (κ3) is 8.37. The van der Waals surface area contributed by atoms with Crippen LogP contribution in [-0.4, -0.2) is 31.0 Å². The molecule has 0 bridgehead atoms. The van der Waals surface area contributed by atoms with Crippen LogP contribution in [0.5, 0.6) is 0 Å². The van der Waals surface area contributed by atoms with Gasteiger partial charge in [0, 0.05) is 24.7 Å². The van der Waals surface area contributed by atoms with Crippen LogP contribution in [0.15, 0.2) is 48.5 Å². The van der Waals surface area contributed by atoms with E-state index in [4.69, 9.17) is 4.74 Å². The smallest absolute Gasteiger partial charge is 0.407 e. The number of amides is 3. The maximum atomic E-state index is 13.1. The van der Waals surface area contributed by atoms with Crippen molar-refractivity contribution in [3.8, 4) is 0 Å². The van der Waals surface area contributed by atoms with Gasteiger partial charge in [-0.15, -0.1) is 0 Å². The number of carbonyl (C=O) groups excluding carboxylic acids is 3. The number of nitrogens with one attached hydrogen (secondary N) is 3. The van der Waals surface area contributed by atoms with Gasteiger partial charge in [-0.3, -0.25) is 9.59 Å². The Morgan fingerprint density at radius 1 is 0.897 bits per heavy atom. The molecular weight excluding hydrogens is 384 g/mol. The fourth-order valence-corrected chi connectivity index (χ4v) is 2.26. The van der Waals surface area contributed by atoms with Crippen LogP contribution in [0.1, 0.15) is 18.4 Å². The Balaban J connectivity index is 1.55. The summed E-state index contributed by atoms with van der Waals surface area (Å²) in [5, 5.41) is 7.27. The van der Waals surface area contributed by atoms with Gasteiger partial charge in [0.1, 0.15) is 6.61 Å². The van der Waals surface area contributed by atoms with E-state index in [9.17, 15) is 23.2 Å². The lowest BCUT2D eigenvalue weighted by atomic mass is 10.2. The average molecular weight is 405 g/mol. The van der Waals surface area contributed by atoms with Crippen LogP contribution >= 0.6 is 0 Å². The van der Waals surface area contributed by atoms with E-state index in [0.29, 0.717) is 6.42 Å². The van der Waals surface area contributed by atoms with Crippen molar-refractivity contribution in [2.45, 2.75) is 19.4 Å². The molecule has 0 saturated carbocycles. The third-order valence-electron chi connectivity index (χ3n) is 3.71. The van der Waals surface area contributed by atoms with Crippen molar-refractivity contribution < 1.29 is 27.9 Å². The number of benzene rings is 2. The number of rotatable bonds is 9. The molecule has 0 saturated heterocycles. The molecule has 2 rings (SSSR count). The lowest BCUT2D eigenvalue weighted by Gasteiger charge is -2.08. The van der Waals surface area contributed by atoms with Gasteiger partial charge in [0.05, 0.1) is 6.54 Å². The lowest BCUT2D eigenvalue weighted by molar-refractivity contribution is -0.124. The maximum Gasteiger partial charge on any atom is 0.407 e. The highest BCUT2D eigenvalue weighted by Gasteiger charge is 2.09. The largest absolute Gasteiger partial charge is 0.445 e. The maximum absolute atomic E-state index is 13.1. The highest BCUT2D eigenvalue weighted by molar-refractivity contribution is 5.94. The average Bonchev–Trinajstić information content (AvgIpc) is 2.71. The fourth-order valence-electron chi connectivity index (χ4n) is 2.26. The van der Waals surface area contributed by atoms with Gasteiger partial charge in [0.15, 0.2) is 11.6 Å². The summed E-state index contributed by atoms with van der Waals surface area (Å²) in [5.74, 6) is -3.06. The van der Waals surface area contributed by atoms with Gasteiger partial charge in [0.25, 0.3) is 0 Å². The molecule has 0 aliphatic heterocycles. The number of carbonyl (C=O) groups is 3. The minimum atomic E-state index is -1.08. The number of ether oxygens (including phenoxy) is 1. The molecule has 9 heteroatoms. The Kier molecular flexibility index (Phi) is 8.55. The van der Waals surface area contributed by atoms with Crippen molar-refractivity contribution in [3.05, 3.63) is 65.7 Å². The molecule has 0 unspecified atom stereocenters. The molecule has 0 aliphatic rings. The van der Waals surface area contributed by atoms with E-state index in [2.05, 4.69) is 16.0 Å². The zero-order valence-electron chi connectivity index (χ0n) is 15.5. The summed E-state index contributed by atoms with van der Waals surface area (Å²) < 4.78 is 30.9. The highest BCUT2D eigenvalue weighted by atomic mass is 19.2. The van der Waals surface area contributed by atoms with Gasteiger partial charge in [-0.05, 0) is 24.1 Å². The van der Waals surface area contributed by atoms with Crippen molar-refractivity contribution in [3.63, 3.8) is 0 Å². The summed E-state index contributed by atoms with van der Waals surface area (Å²) in [7, 11) is 0. The van der Waals surface area contributed by atoms with Crippen LogP contribution in [0.2, 0.25) is 0 Å². The van der Waals surface area contributed by atoms with Gasteiger partial charge in [-0.2, -0.15) is 0 Å². The SMILES string of the molecule is O=C(CCCNC(=O)OCc1ccccc1)NCC(=O)Nc1ccc(F)c(F)c1. The molecule has 29 heavy (non-hydrogen) atoms. The standard InChI is InChI=1S/C20H21F2N3O4/c21-16-9-8-15(11-17(16)22)25-19(27)12-24-18(26)7-4-10-23-20(28)29-13-14-5-2-1-3-6-14/h1-3,5-6,8-9,11H,4,7,10,12-13H2,(H,23,28)(H,24,26)(H,25,27). The van der Waals surface area contributed by atoms with Crippen LogP contribution in [0.25, 0.3) is 0 Å². The second-order valence-electron chi connectivity index (χ2n) is 6.05. The lowest BCUT2D eigenvalue weighted by Crippen LogP contribution is -2.33. The first kappa shape index (κ1) is 21.8. The molecule has 0 aliphatic carbocycles. The molecule has 0 heterocycles. The van der Waals surface area contributed by atoms with E-state index >= 15 is 0 Å². The quantitative estimate of drug-likeness (QED) is 0.559. The summed E-state index contributed by atoms with van der Waals surface area (Å²) in [5.41, 5.74) is 0.949. The zero-order valence-corrected chi connectivity index (χ0v) is 15.5. The van der Waals surface area contributed by atoms with Gasteiger partial charge in [0.2, 0.25) is 11.8 Å². The normalized spacial score (nSPS) is 10.1. The van der Waals surface area contributed by atoms with E-state index in [1.165, 1.54) is 6.07 Å². The van der Waals surface area contributed by atoms with E-state index in [-0.39, 0.29) is 37.7 Å². The molecule has 3 amide bonds. The predicted molar refractivity (Wildman–Crippen MR) is 102 cm³/mol. The van der Waals surface area contributed by atoms with E-state index < -0.39 is 23.6 Å². The molecule has 0 spiro atoms. The molecule has 2 aromatic rings. The molecule has 0 aromatic heterocycles. The van der Waals surface area contributed by atoms with Crippen LogP contribution in [0.3, 0.4) is 0 Å². The second-order valence-corrected chi connectivity index (χ2v) is 6.05. The van der Waals surface area contributed by atoms with Crippen LogP contribution in [0.4, 0.5) is 19.3 Å². The first-order valence-corrected chi connectivity index (χ1v) is 8.90. The third-order valence-corrected chi connectivity index (χ3v) is 3.71. The Hall–Kier alpha value is -3.49. The molecule has 154 valence electrons. The Labute approximate surface area is 166 Å².